The second kappa shape index (κ2) is 9.29. The van der Waals surface area contributed by atoms with Gasteiger partial charge in [-0.05, 0) is 30.7 Å². The molecule has 0 bridgehead atoms. The van der Waals surface area contributed by atoms with E-state index < -0.39 is 35.7 Å². The van der Waals surface area contributed by atoms with Gasteiger partial charge in [-0.1, -0.05) is 30.3 Å². The standard InChI is InChI=1S/C22H24N4O5/c1-3-31-20(28)12-17(14-7-5-4-6-8-14)24-19(27)13-26-21(29)16-11-15(23)9-10-18(16)25(2)22(26)30/h4-11,17H,3,12-13,23H2,1-2H3,(H,24,27)/t17-/m1/s1. The number of amides is 1. The second-order valence-electron chi connectivity index (χ2n) is 7.05. The molecule has 3 aromatic rings. The smallest absolute Gasteiger partial charge is 0.331 e. The van der Waals surface area contributed by atoms with Crippen molar-refractivity contribution in [3.8, 4) is 0 Å². The van der Waals surface area contributed by atoms with Crippen molar-refractivity contribution < 1.29 is 14.3 Å². The van der Waals surface area contributed by atoms with E-state index in [0.717, 1.165) is 4.57 Å². The zero-order valence-corrected chi connectivity index (χ0v) is 17.3. The van der Waals surface area contributed by atoms with Crippen LogP contribution in [0.3, 0.4) is 0 Å². The number of nitrogens with two attached hydrogens (primary N) is 1. The monoisotopic (exact) mass is 424 g/mol. The van der Waals surface area contributed by atoms with Gasteiger partial charge in [-0.3, -0.25) is 23.5 Å². The number of hydrogen-bond acceptors (Lipinski definition) is 6. The number of fused-ring (bicyclic) bond motifs is 1. The minimum atomic E-state index is -0.664. The van der Waals surface area contributed by atoms with Crippen LogP contribution in [0.25, 0.3) is 10.9 Å². The van der Waals surface area contributed by atoms with Gasteiger partial charge in [0.15, 0.2) is 0 Å². The van der Waals surface area contributed by atoms with Gasteiger partial charge in [0.1, 0.15) is 6.54 Å². The third kappa shape index (κ3) is 4.82. The van der Waals surface area contributed by atoms with Crippen LogP contribution < -0.4 is 22.3 Å². The highest BCUT2D eigenvalue weighted by atomic mass is 16.5. The number of benzene rings is 2. The second-order valence-corrected chi connectivity index (χ2v) is 7.05. The highest BCUT2D eigenvalue weighted by Crippen LogP contribution is 2.17. The first kappa shape index (κ1) is 21.8. The fourth-order valence-electron chi connectivity index (χ4n) is 3.38. The lowest BCUT2D eigenvalue weighted by atomic mass is 10.0. The zero-order chi connectivity index (χ0) is 22.5. The van der Waals surface area contributed by atoms with E-state index in [2.05, 4.69) is 5.32 Å². The van der Waals surface area contributed by atoms with Gasteiger partial charge in [0.05, 0.1) is 30.0 Å². The molecule has 1 aromatic heterocycles. The van der Waals surface area contributed by atoms with Gasteiger partial charge in [0.25, 0.3) is 5.56 Å². The van der Waals surface area contributed by atoms with Crippen molar-refractivity contribution in [1.29, 1.82) is 0 Å². The summed E-state index contributed by atoms with van der Waals surface area (Å²) in [5.74, 6) is -1.05. The molecule has 1 atom stereocenters. The predicted octanol–water partition coefficient (Wildman–Crippen LogP) is 1.09. The third-order valence-electron chi connectivity index (χ3n) is 4.89. The lowest BCUT2D eigenvalue weighted by Crippen LogP contribution is -2.44. The molecular formula is C22H24N4O5. The average molecular weight is 424 g/mol. The largest absolute Gasteiger partial charge is 0.466 e. The van der Waals surface area contributed by atoms with E-state index in [1.54, 1.807) is 43.3 Å². The van der Waals surface area contributed by atoms with Gasteiger partial charge < -0.3 is 15.8 Å². The number of anilines is 1. The summed E-state index contributed by atoms with van der Waals surface area (Å²) in [4.78, 5) is 50.3. The van der Waals surface area contributed by atoms with Crippen LogP contribution in [-0.2, 0) is 27.9 Å². The summed E-state index contributed by atoms with van der Waals surface area (Å²) in [5, 5.41) is 2.97. The molecule has 1 heterocycles. The number of carbonyl (C=O) groups excluding carboxylic acids is 2. The number of rotatable bonds is 7. The van der Waals surface area contributed by atoms with Crippen molar-refractivity contribution >= 4 is 28.5 Å². The van der Waals surface area contributed by atoms with Gasteiger partial charge in [-0.2, -0.15) is 0 Å². The minimum absolute atomic E-state index is 0.0786. The van der Waals surface area contributed by atoms with Gasteiger partial charge in [-0.25, -0.2) is 4.79 Å². The van der Waals surface area contributed by atoms with Gasteiger partial charge in [0.2, 0.25) is 5.91 Å². The van der Waals surface area contributed by atoms with Crippen LogP contribution in [0.4, 0.5) is 5.69 Å². The first-order chi connectivity index (χ1) is 14.8. The Bertz CT molecular complexity index is 1230. The van der Waals surface area contributed by atoms with Crippen molar-refractivity contribution in [2.75, 3.05) is 12.3 Å². The number of aryl methyl sites for hydroxylation is 1. The molecule has 0 aliphatic carbocycles. The molecule has 162 valence electrons. The number of ether oxygens (including phenoxy) is 1. The Kier molecular flexibility index (Phi) is 6.54. The molecule has 0 spiro atoms. The molecule has 0 radical (unpaired) electrons. The van der Waals surface area contributed by atoms with E-state index in [9.17, 15) is 19.2 Å². The topological polar surface area (TPSA) is 125 Å². The van der Waals surface area contributed by atoms with E-state index in [1.165, 1.54) is 17.7 Å². The SMILES string of the molecule is CCOC(=O)C[C@@H](NC(=O)Cn1c(=O)c2cc(N)ccc2n(C)c1=O)c1ccccc1. The van der Waals surface area contributed by atoms with E-state index in [4.69, 9.17) is 10.5 Å². The van der Waals surface area contributed by atoms with Crippen LogP contribution in [0.15, 0.2) is 58.1 Å². The maximum atomic E-state index is 12.8. The lowest BCUT2D eigenvalue weighted by Gasteiger charge is -2.19. The summed E-state index contributed by atoms with van der Waals surface area (Å²) < 4.78 is 7.14. The van der Waals surface area contributed by atoms with Crippen LogP contribution >= 0.6 is 0 Å². The third-order valence-corrected chi connectivity index (χ3v) is 4.89. The fraction of sp³-hybridized carbons (Fsp3) is 0.273. The summed E-state index contributed by atoms with van der Waals surface area (Å²) in [6.07, 6.45) is -0.0786. The van der Waals surface area contributed by atoms with Gasteiger partial charge >= 0.3 is 11.7 Å². The summed E-state index contributed by atoms with van der Waals surface area (Å²) in [5.41, 5.74) is 6.04. The molecule has 0 fully saturated rings. The average Bonchev–Trinajstić information content (AvgIpc) is 2.75. The Morgan fingerprint density at radius 2 is 1.84 bits per heavy atom. The van der Waals surface area contributed by atoms with Crippen molar-refractivity contribution in [3.63, 3.8) is 0 Å². The van der Waals surface area contributed by atoms with Gasteiger partial charge in [0, 0.05) is 12.7 Å². The molecule has 9 heteroatoms. The number of nitrogens with one attached hydrogen (secondary N) is 1. The molecule has 0 saturated heterocycles. The summed E-state index contributed by atoms with van der Waals surface area (Å²) in [6.45, 7) is 1.42. The highest BCUT2D eigenvalue weighted by Gasteiger charge is 2.21. The van der Waals surface area contributed by atoms with Crippen LogP contribution in [0.2, 0.25) is 0 Å². The highest BCUT2D eigenvalue weighted by molar-refractivity contribution is 5.82. The van der Waals surface area contributed by atoms with E-state index in [0.29, 0.717) is 16.8 Å². The van der Waals surface area contributed by atoms with E-state index in [-0.39, 0.29) is 18.4 Å². The quantitative estimate of drug-likeness (QED) is 0.432. The Labute approximate surface area is 178 Å². The first-order valence-electron chi connectivity index (χ1n) is 9.80. The number of nitrogen functional groups attached to an aromatic ring is 1. The minimum Gasteiger partial charge on any atom is -0.466 e. The number of esters is 1. The number of carbonyl (C=O) groups is 2. The number of nitrogens with zero attached hydrogens (tertiary/aromatic N) is 2. The summed E-state index contributed by atoms with van der Waals surface area (Å²) in [7, 11) is 1.52. The predicted molar refractivity (Wildman–Crippen MR) is 116 cm³/mol. The Hall–Kier alpha value is -3.88. The molecule has 0 unspecified atom stereocenters. The fourth-order valence-corrected chi connectivity index (χ4v) is 3.38. The van der Waals surface area contributed by atoms with Crippen molar-refractivity contribution in [2.24, 2.45) is 7.05 Å². The molecule has 31 heavy (non-hydrogen) atoms. The molecule has 0 aliphatic heterocycles. The number of aromatic nitrogens is 2. The molecular weight excluding hydrogens is 400 g/mol. The Morgan fingerprint density at radius 3 is 2.52 bits per heavy atom. The molecule has 1 amide bonds. The maximum Gasteiger partial charge on any atom is 0.331 e. The van der Waals surface area contributed by atoms with E-state index in [1.807, 2.05) is 6.07 Å². The van der Waals surface area contributed by atoms with Crippen molar-refractivity contribution in [2.45, 2.75) is 25.9 Å². The van der Waals surface area contributed by atoms with Crippen LogP contribution in [-0.4, -0.2) is 27.6 Å². The molecule has 3 rings (SSSR count). The Balaban J connectivity index is 1.90. The van der Waals surface area contributed by atoms with Crippen molar-refractivity contribution in [3.05, 3.63) is 74.9 Å². The Morgan fingerprint density at radius 1 is 1.13 bits per heavy atom. The molecule has 0 aliphatic rings. The lowest BCUT2D eigenvalue weighted by molar-refractivity contribution is -0.143. The first-order valence-corrected chi connectivity index (χ1v) is 9.80. The molecule has 0 saturated carbocycles. The normalized spacial score (nSPS) is 11.8. The van der Waals surface area contributed by atoms with Crippen LogP contribution in [0.5, 0.6) is 0 Å². The summed E-state index contributed by atoms with van der Waals surface area (Å²) >= 11 is 0. The van der Waals surface area contributed by atoms with Crippen molar-refractivity contribution in [1.82, 2.24) is 14.5 Å². The molecule has 2 aromatic carbocycles. The van der Waals surface area contributed by atoms with E-state index >= 15 is 0 Å². The van der Waals surface area contributed by atoms with Crippen LogP contribution in [0, 0.1) is 0 Å². The molecule has 9 nitrogen and oxygen atoms in total. The molecule has 3 N–H and O–H groups in total. The van der Waals surface area contributed by atoms with Crippen LogP contribution in [0.1, 0.15) is 24.9 Å². The van der Waals surface area contributed by atoms with Gasteiger partial charge in [-0.15, -0.1) is 0 Å². The number of hydrogen-bond donors (Lipinski definition) is 2. The maximum absolute atomic E-state index is 12.8. The zero-order valence-electron chi connectivity index (χ0n) is 17.3. The summed E-state index contributed by atoms with van der Waals surface area (Å²) in [6, 6.07) is 12.9.